The number of alkyl halides is 3. The maximum Gasteiger partial charge on any atom is 0.416 e. The van der Waals surface area contributed by atoms with Gasteiger partial charge in [0.2, 0.25) is 0 Å². The van der Waals surface area contributed by atoms with Crippen molar-refractivity contribution in [1.82, 2.24) is 0 Å². The van der Waals surface area contributed by atoms with E-state index in [0.717, 1.165) is 43.2 Å². The van der Waals surface area contributed by atoms with Gasteiger partial charge in [0.15, 0.2) is 12.3 Å². The second kappa shape index (κ2) is 17.8. The van der Waals surface area contributed by atoms with E-state index < -0.39 is 56.3 Å². The normalized spacial score (nSPS) is 10.8. The third-order valence-electron chi connectivity index (χ3n) is 7.00. The minimum absolute atomic E-state index is 0.0109. The van der Waals surface area contributed by atoms with Crippen molar-refractivity contribution in [3.63, 3.8) is 0 Å². The summed E-state index contributed by atoms with van der Waals surface area (Å²) in [5.41, 5.74) is -1.61. The summed E-state index contributed by atoms with van der Waals surface area (Å²) in [5, 5.41) is 36.2. The smallest absolute Gasteiger partial charge is 0.416 e. The molecule has 270 valence electrons. The van der Waals surface area contributed by atoms with Gasteiger partial charge in [-0.3, -0.25) is 30.3 Å². The molecule has 19 heteroatoms. The number of ether oxygens (including phenoxy) is 3. The van der Waals surface area contributed by atoms with Gasteiger partial charge < -0.3 is 19.5 Å². The second-order valence-corrected chi connectivity index (χ2v) is 10.7. The number of hydrogen-bond acceptors (Lipinski definition) is 12. The van der Waals surface area contributed by atoms with Crippen LogP contribution in [-0.2, 0) is 20.4 Å². The number of carbonyl (C=O) groups is 2. The predicted octanol–water partition coefficient (Wildman–Crippen LogP) is 8.50. The molecule has 0 amide bonds. The van der Waals surface area contributed by atoms with Crippen molar-refractivity contribution < 1.29 is 51.7 Å². The number of nitrogens with one attached hydrogen (secondary N) is 1. The summed E-state index contributed by atoms with van der Waals surface area (Å²) < 4.78 is 52.8. The molecular formula is C31H32ClF3N4O11. The van der Waals surface area contributed by atoms with Crippen LogP contribution in [0.15, 0.2) is 42.5 Å². The summed E-state index contributed by atoms with van der Waals surface area (Å²) >= 11 is 5.81. The number of nitrogens with zero attached hydrogens (tertiary/aromatic N) is 3. The molecule has 0 heterocycles. The molecule has 0 saturated carbocycles. The Morgan fingerprint density at radius 2 is 1.50 bits per heavy atom. The number of nitro benzene ring substituents is 3. The molecular weight excluding hydrogens is 697 g/mol. The van der Waals surface area contributed by atoms with Crippen molar-refractivity contribution in [2.75, 3.05) is 18.5 Å². The average molecular weight is 729 g/mol. The summed E-state index contributed by atoms with van der Waals surface area (Å²) in [5.74, 6) is -2.36. The lowest BCUT2D eigenvalue weighted by Crippen LogP contribution is -2.19. The number of rotatable bonds is 13. The highest BCUT2D eigenvalue weighted by Gasteiger charge is 2.32. The van der Waals surface area contributed by atoms with Crippen LogP contribution in [0, 0.1) is 44.2 Å². The van der Waals surface area contributed by atoms with Gasteiger partial charge >= 0.3 is 23.8 Å². The van der Waals surface area contributed by atoms with E-state index in [4.69, 9.17) is 21.1 Å². The highest BCUT2D eigenvalue weighted by atomic mass is 35.5. The van der Waals surface area contributed by atoms with E-state index in [1.807, 2.05) is 13.8 Å². The SMILES string of the molecule is CCC(CC)Nc1c([N+](=O)[O-])cc(C)c(C)c1[N+](=O)[O-].CCOC(=O)COC(=O)c1cc(Oc2ccc(C(F)(F)F)cc2Cl)ccc1[N+](=O)[O-]. The zero-order valence-corrected chi connectivity index (χ0v) is 28.0. The van der Waals surface area contributed by atoms with Crippen LogP contribution in [0.1, 0.15) is 60.7 Å². The van der Waals surface area contributed by atoms with Gasteiger partial charge in [0, 0.05) is 29.8 Å². The Kier molecular flexibility index (Phi) is 14.4. The summed E-state index contributed by atoms with van der Waals surface area (Å²) in [6.07, 6.45) is -3.14. The Labute approximate surface area is 287 Å². The fourth-order valence-electron chi connectivity index (χ4n) is 4.29. The van der Waals surface area contributed by atoms with Gasteiger partial charge in [0.05, 0.1) is 32.0 Å². The lowest BCUT2D eigenvalue weighted by Gasteiger charge is -2.17. The van der Waals surface area contributed by atoms with Crippen LogP contribution >= 0.6 is 11.6 Å². The fourth-order valence-corrected chi connectivity index (χ4v) is 4.50. The zero-order valence-electron chi connectivity index (χ0n) is 27.3. The van der Waals surface area contributed by atoms with Crippen LogP contribution in [0.2, 0.25) is 5.02 Å². The molecule has 0 aromatic heterocycles. The van der Waals surface area contributed by atoms with Gasteiger partial charge in [-0.15, -0.1) is 0 Å². The third kappa shape index (κ3) is 10.7. The number of hydrogen-bond donors (Lipinski definition) is 1. The van der Waals surface area contributed by atoms with Crippen LogP contribution in [0.4, 0.5) is 35.9 Å². The maximum absolute atomic E-state index is 12.7. The Morgan fingerprint density at radius 1 is 0.880 bits per heavy atom. The summed E-state index contributed by atoms with van der Waals surface area (Å²) in [6.45, 7) is 7.93. The van der Waals surface area contributed by atoms with Gasteiger partial charge in [-0.2, -0.15) is 13.2 Å². The number of aryl methyl sites for hydroxylation is 1. The standard InChI is InChI=1S/C18H13ClF3NO7.C13H19N3O4/c1-2-28-16(24)9-29-17(25)12-8-11(4-5-14(12)23(26)27)30-15-6-3-10(7-13(15)19)18(20,21)22;1-5-10(6-2)14-12-11(15(17)18)7-8(3)9(4)13(12)16(19)20/h3-8H,2,9H2,1H3;7,10,14H,5-6H2,1-4H3. The van der Waals surface area contributed by atoms with Gasteiger partial charge in [0.25, 0.3) is 11.4 Å². The Morgan fingerprint density at radius 3 is 2.00 bits per heavy atom. The number of esters is 2. The number of halogens is 4. The van der Waals surface area contributed by atoms with E-state index in [9.17, 15) is 53.1 Å². The summed E-state index contributed by atoms with van der Waals surface area (Å²) in [7, 11) is 0. The largest absolute Gasteiger partial charge is 0.463 e. The zero-order chi connectivity index (χ0) is 37.9. The van der Waals surface area contributed by atoms with Crippen molar-refractivity contribution in [2.45, 2.75) is 59.7 Å². The van der Waals surface area contributed by atoms with Gasteiger partial charge in [0.1, 0.15) is 17.1 Å². The van der Waals surface area contributed by atoms with Gasteiger partial charge in [-0.25, -0.2) is 9.59 Å². The molecule has 3 aromatic carbocycles. The lowest BCUT2D eigenvalue weighted by molar-refractivity contribution is -0.392. The minimum atomic E-state index is -4.61. The molecule has 0 aliphatic carbocycles. The topological polar surface area (TPSA) is 203 Å². The first kappa shape index (κ1) is 40.7. The predicted molar refractivity (Wildman–Crippen MR) is 174 cm³/mol. The average Bonchev–Trinajstić information content (AvgIpc) is 3.04. The number of benzene rings is 3. The molecule has 0 aliphatic rings. The van der Waals surface area contributed by atoms with Gasteiger partial charge in [-0.05, 0) is 63.4 Å². The van der Waals surface area contributed by atoms with Crippen molar-refractivity contribution in [3.8, 4) is 11.5 Å². The molecule has 1 N–H and O–H groups in total. The number of anilines is 1. The van der Waals surface area contributed by atoms with Crippen molar-refractivity contribution in [2.24, 2.45) is 0 Å². The van der Waals surface area contributed by atoms with Gasteiger partial charge in [-0.1, -0.05) is 25.4 Å². The monoisotopic (exact) mass is 728 g/mol. The van der Waals surface area contributed by atoms with Crippen molar-refractivity contribution in [1.29, 1.82) is 0 Å². The number of carbonyl (C=O) groups excluding carboxylic acids is 2. The minimum Gasteiger partial charge on any atom is -0.463 e. The highest BCUT2D eigenvalue weighted by molar-refractivity contribution is 6.32. The molecule has 15 nitrogen and oxygen atoms in total. The van der Waals surface area contributed by atoms with E-state index in [-0.39, 0.29) is 46.2 Å². The van der Waals surface area contributed by atoms with Crippen LogP contribution in [0.25, 0.3) is 0 Å². The maximum atomic E-state index is 12.7. The molecule has 0 unspecified atom stereocenters. The molecule has 0 bridgehead atoms. The Hall–Kier alpha value is -5.52. The van der Waals surface area contributed by atoms with Crippen LogP contribution < -0.4 is 10.1 Å². The summed E-state index contributed by atoms with van der Waals surface area (Å²) in [6, 6.07) is 6.70. The lowest BCUT2D eigenvalue weighted by atomic mass is 10.0. The molecule has 0 atom stereocenters. The number of nitro groups is 3. The Bertz CT molecular complexity index is 1770. The first-order valence-corrected chi connectivity index (χ1v) is 15.1. The second-order valence-electron chi connectivity index (χ2n) is 10.3. The van der Waals surface area contributed by atoms with Crippen molar-refractivity contribution in [3.05, 3.63) is 100 Å². The summed E-state index contributed by atoms with van der Waals surface area (Å²) in [4.78, 5) is 55.1. The van der Waals surface area contributed by atoms with E-state index in [1.54, 1.807) is 13.8 Å². The quantitative estimate of drug-likeness (QED) is 0.0999. The molecule has 3 rings (SSSR count). The van der Waals surface area contributed by atoms with E-state index in [0.29, 0.717) is 17.2 Å². The molecule has 0 aliphatic heterocycles. The van der Waals surface area contributed by atoms with E-state index >= 15 is 0 Å². The van der Waals surface area contributed by atoms with Crippen LogP contribution in [-0.4, -0.2) is 46.0 Å². The fraction of sp³-hybridized carbons (Fsp3) is 0.355. The van der Waals surface area contributed by atoms with Crippen LogP contribution in [0.3, 0.4) is 0 Å². The molecule has 0 radical (unpaired) electrons. The highest BCUT2D eigenvalue weighted by Crippen LogP contribution is 2.40. The molecule has 50 heavy (non-hydrogen) atoms. The molecule has 3 aromatic rings. The third-order valence-corrected chi connectivity index (χ3v) is 7.30. The van der Waals surface area contributed by atoms with E-state index in [2.05, 4.69) is 10.1 Å². The van der Waals surface area contributed by atoms with E-state index in [1.165, 1.54) is 13.0 Å². The van der Waals surface area contributed by atoms with Crippen molar-refractivity contribution >= 4 is 46.3 Å². The molecule has 0 saturated heterocycles. The first-order chi connectivity index (χ1) is 23.4. The molecule has 0 spiro atoms. The Balaban J connectivity index is 0.000000377. The first-order valence-electron chi connectivity index (χ1n) is 14.7. The van der Waals surface area contributed by atoms with Crippen LogP contribution in [0.5, 0.6) is 11.5 Å². The molecule has 0 fully saturated rings.